The number of hydrogen-bond acceptors (Lipinski definition) is 7. The number of carbonyl (C=O) groups is 1. The highest BCUT2D eigenvalue weighted by atomic mass is 35.5. The van der Waals surface area contributed by atoms with Crippen LogP contribution in [0.1, 0.15) is 5.82 Å². The van der Waals surface area contributed by atoms with Gasteiger partial charge in [0.25, 0.3) is 0 Å². The highest BCUT2D eigenvalue weighted by molar-refractivity contribution is 7.99. The lowest BCUT2D eigenvalue weighted by molar-refractivity contribution is -0.113. The van der Waals surface area contributed by atoms with Crippen molar-refractivity contribution in [2.24, 2.45) is 0 Å². The maximum Gasteiger partial charge on any atom is 0.234 e. The smallest absolute Gasteiger partial charge is 0.234 e. The minimum atomic E-state index is -0.607. The van der Waals surface area contributed by atoms with Crippen LogP contribution in [-0.2, 0) is 11.3 Å². The number of hydrogen-bond donors (Lipinski definition) is 3. The number of nitrogens with two attached hydrogens (primary N) is 1. The van der Waals surface area contributed by atoms with Gasteiger partial charge in [0.05, 0.1) is 25.1 Å². The lowest BCUT2D eigenvalue weighted by Gasteiger charge is -2.08. The van der Waals surface area contributed by atoms with Gasteiger partial charge in [-0.25, -0.2) is 9.07 Å². The third-order valence-electron chi connectivity index (χ3n) is 3.81. The van der Waals surface area contributed by atoms with E-state index in [4.69, 9.17) is 22.2 Å². The van der Waals surface area contributed by atoms with E-state index in [0.29, 0.717) is 17.5 Å². The summed E-state index contributed by atoms with van der Waals surface area (Å²) in [6.07, 6.45) is 0. The number of halogens is 2. The first kappa shape index (κ1) is 20.7. The molecule has 3 rings (SSSR count). The van der Waals surface area contributed by atoms with Gasteiger partial charge in [-0.15, -0.1) is 10.2 Å². The van der Waals surface area contributed by atoms with Gasteiger partial charge in [0.1, 0.15) is 11.6 Å². The Balaban J connectivity index is 1.52. The van der Waals surface area contributed by atoms with E-state index in [1.54, 1.807) is 7.11 Å². The molecule has 4 N–H and O–H groups in total. The van der Waals surface area contributed by atoms with Gasteiger partial charge in [-0.1, -0.05) is 23.4 Å². The van der Waals surface area contributed by atoms with Crippen molar-refractivity contribution in [3.8, 4) is 5.75 Å². The van der Waals surface area contributed by atoms with Crippen LogP contribution in [0.3, 0.4) is 0 Å². The zero-order valence-corrected chi connectivity index (χ0v) is 16.9. The summed E-state index contributed by atoms with van der Waals surface area (Å²) in [5.41, 5.74) is 0.922. The number of nitrogens with one attached hydrogen (secondary N) is 2. The molecule has 0 radical (unpaired) electrons. The minimum Gasteiger partial charge on any atom is -0.497 e. The molecule has 11 heteroatoms. The van der Waals surface area contributed by atoms with Crippen LogP contribution < -0.4 is 21.2 Å². The predicted molar refractivity (Wildman–Crippen MR) is 111 cm³/mol. The SMILES string of the molecule is COc1ccc(NCc2nnc(SCC(=O)Nc3ccc(Cl)cc3F)n2N)cc1. The van der Waals surface area contributed by atoms with Crippen molar-refractivity contribution in [3.63, 3.8) is 0 Å². The molecule has 8 nitrogen and oxygen atoms in total. The number of aromatic nitrogens is 3. The van der Waals surface area contributed by atoms with Gasteiger partial charge in [0.15, 0.2) is 5.82 Å². The molecule has 0 saturated carbocycles. The van der Waals surface area contributed by atoms with Crippen molar-refractivity contribution in [2.45, 2.75) is 11.7 Å². The highest BCUT2D eigenvalue weighted by Gasteiger charge is 2.13. The molecular formula is C18H18ClFN6O2S. The zero-order chi connectivity index (χ0) is 20.8. The number of anilines is 2. The largest absolute Gasteiger partial charge is 0.497 e. The molecule has 0 bridgehead atoms. The Labute approximate surface area is 175 Å². The van der Waals surface area contributed by atoms with Crippen LogP contribution in [-0.4, -0.2) is 33.6 Å². The number of amides is 1. The van der Waals surface area contributed by atoms with E-state index in [1.165, 1.54) is 16.8 Å². The second kappa shape index (κ2) is 9.48. The lowest BCUT2D eigenvalue weighted by Crippen LogP contribution is -2.18. The topological polar surface area (TPSA) is 107 Å². The van der Waals surface area contributed by atoms with Crippen molar-refractivity contribution in [3.05, 3.63) is 59.1 Å². The molecule has 0 aliphatic rings. The number of nitrogen functional groups attached to an aromatic ring is 1. The normalized spacial score (nSPS) is 10.6. The number of carbonyl (C=O) groups excluding carboxylic acids is 1. The quantitative estimate of drug-likeness (QED) is 0.368. The van der Waals surface area contributed by atoms with Crippen LogP contribution in [0.4, 0.5) is 15.8 Å². The van der Waals surface area contributed by atoms with Crippen molar-refractivity contribution in [2.75, 3.05) is 29.3 Å². The Morgan fingerprint density at radius 2 is 2.03 bits per heavy atom. The molecule has 0 atom stereocenters. The fourth-order valence-electron chi connectivity index (χ4n) is 2.32. The molecule has 0 aliphatic heterocycles. The molecule has 0 aliphatic carbocycles. The Kier molecular flexibility index (Phi) is 6.78. The fourth-order valence-corrected chi connectivity index (χ4v) is 3.16. The van der Waals surface area contributed by atoms with E-state index >= 15 is 0 Å². The van der Waals surface area contributed by atoms with Crippen LogP contribution in [0.2, 0.25) is 5.02 Å². The summed E-state index contributed by atoms with van der Waals surface area (Å²) < 4.78 is 20.2. The van der Waals surface area contributed by atoms with Gasteiger partial charge >= 0.3 is 0 Å². The van der Waals surface area contributed by atoms with Gasteiger partial charge in [-0.05, 0) is 42.5 Å². The van der Waals surface area contributed by atoms with Crippen LogP contribution in [0, 0.1) is 5.82 Å². The van der Waals surface area contributed by atoms with Crippen LogP contribution in [0.5, 0.6) is 5.75 Å². The molecule has 1 aromatic heterocycles. The molecule has 0 spiro atoms. The van der Waals surface area contributed by atoms with E-state index in [0.717, 1.165) is 29.3 Å². The summed E-state index contributed by atoms with van der Waals surface area (Å²) in [5, 5.41) is 14.3. The molecule has 0 fully saturated rings. The van der Waals surface area contributed by atoms with Gasteiger partial charge in [0, 0.05) is 10.7 Å². The summed E-state index contributed by atoms with van der Waals surface area (Å²) in [6, 6.07) is 11.4. The van der Waals surface area contributed by atoms with E-state index < -0.39 is 11.7 Å². The summed E-state index contributed by atoms with van der Waals surface area (Å²) in [6.45, 7) is 0.346. The number of methoxy groups -OCH3 is 1. The van der Waals surface area contributed by atoms with Crippen molar-refractivity contribution in [1.82, 2.24) is 14.9 Å². The third kappa shape index (κ3) is 5.52. The standard InChI is InChI=1S/C18H18ClFN6O2S/c1-28-13-5-3-12(4-6-13)22-9-16-24-25-18(26(16)21)29-10-17(27)23-15-7-2-11(19)8-14(15)20/h2-8,22H,9-10,21H2,1H3,(H,23,27). The molecule has 2 aromatic carbocycles. The van der Waals surface area contributed by atoms with E-state index in [-0.39, 0.29) is 16.5 Å². The minimum absolute atomic E-state index is 0.0106. The number of thioether (sulfide) groups is 1. The maximum atomic E-state index is 13.7. The Morgan fingerprint density at radius 1 is 1.28 bits per heavy atom. The maximum absolute atomic E-state index is 13.7. The van der Waals surface area contributed by atoms with E-state index in [9.17, 15) is 9.18 Å². The molecule has 3 aromatic rings. The number of nitrogens with zero attached hydrogens (tertiary/aromatic N) is 3. The molecule has 29 heavy (non-hydrogen) atoms. The summed E-state index contributed by atoms with van der Waals surface area (Å²) >= 11 is 6.78. The first-order valence-electron chi connectivity index (χ1n) is 8.41. The number of benzene rings is 2. The van der Waals surface area contributed by atoms with Gasteiger partial charge in [-0.3, -0.25) is 4.79 Å². The van der Waals surface area contributed by atoms with Crippen LogP contribution in [0.25, 0.3) is 0 Å². The molecule has 1 amide bonds. The Morgan fingerprint density at radius 3 is 2.72 bits per heavy atom. The highest BCUT2D eigenvalue weighted by Crippen LogP contribution is 2.21. The van der Waals surface area contributed by atoms with Crippen LogP contribution >= 0.6 is 23.4 Å². The van der Waals surface area contributed by atoms with Gasteiger partial charge in [0.2, 0.25) is 11.1 Å². The molecule has 0 unspecified atom stereocenters. The first-order chi connectivity index (χ1) is 14.0. The summed E-state index contributed by atoms with van der Waals surface area (Å²) in [4.78, 5) is 12.1. The average Bonchev–Trinajstić information content (AvgIpc) is 3.07. The fraction of sp³-hybridized carbons (Fsp3) is 0.167. The predicted octanol–water partition coefficient (Wildman–Crippen LogP) is 3.14. The molecule has 152 valence electrons. The number of ether oxygens (including phenoxy) is 1. The number of rotatable bonds is 8. The van der Waals surface area contributed by atoms with Crippen molar-refractivity contribution >= 4 is 40.6 Å². The second-order valence-electron chi connectivity index (χ2n) is 5.81. The molecular weight excluding hydrogens is 419 g/mol. The third-order valence-corrected chi connectivity index (χ3v) is 4.99. The second-order valence-corrected chi connectivity index (χ2v) is 7.19. The van der Waals surface area contributed by atoms with Gasteiger partial charge in [-0.2, -0.15) is 0 Å². The van der Waals surface area contributed by atoms with Crippen LogP contribution in [0.15, 0.2) is 47.6 Å². The Bertz CT molecular complexity index is 999. The summed E-state index contributed by atoms with van der Waals surface area (Å²) in [5.74, 6) is 6.22. The lowest BCUT2D eigenvalue weighted by atomic mass is 10.3. The molecule has 1 heterocycles. The van der Waals surface area contributed by atoms with Gasteiger partial charge < -0.3 is 21.2 Å². The van der Waals surface area contributed by atoms with Crippen molar-refractivity contribution in [1.29, 1.82) is 0 Å². The average molecular weight is 437 g/mol. The summed E-state index contributed by atoms with van der Waals surface area (Å²) in [7, 11) is 1.60. The van der Waals surface area contributed by atoms with E-state index in [1.807, 2.05) is 24.3 Å². The first-order valence-corrected chi connectivity index (χ1v) is 9.77. The van der Waals surface area contributed by atoms with E-state index in [2.05, 4.69) is 20.8 Å². The zero-order valence-electron chi connectivity index (χ0n) is 15.4. The monoisotopic (exact) mass is 436 g/mol. The Hall–Kier alpha value is -2.98. The molecule has 0 saturated heterocycles. The van der Waals surface area contributed by atoms with Crippen molar-refractivity contribution < 1.29 is 13.9 Å².